The first-order valence-corrected chi connectivity index (χ1v) is 6.87. The van der Waals surface area contributed by atoms with Crippen LogP contribution < -0.4 is 10.2 Å². The van der Waals surface area contributed by atoms with Gasteiger partial charge in [0.1, 0.15) is 0 Å². The number of ether oxygens (including phenoxy) is 1. The number of esters is 1. The number of hydrogen-bond donors (Lipinski definition) is 1. The SMILES string of the molecule is COC(=O)c1cccc(N2CCC3(CCNC3)C2)c1. The van der Waals surface area contributed by atoms with Gasteiger partial charge >= 0.3 is 5.97 Å². The Balaban J connectivity index is 1.78. The van der Waals surface area contributed by atoms with Gasteiger partial charge in [0, 0.05) is 30.7 Å². The molecule has 4 heteroatoms. The normalized spacial score (nSPS) is 26.1. The van der Waals surface area contributed by atoms with Crippen molar-refractivity contribution in [3.05, 3.63) is 29.8 Å². The minimum absolute atomic E-state index is 0.265. The number of benzene rings is 1. The quantitative estimate of drug-likeness (QED) is 0.821. The van der Waals surface area contributed by atoms with Gasteiger partial charge in [0.05, 0.1) is 12.7 Å². The molecule has 19 heavy (non-hydrogen) atoms. The van der Waals surface area contributed by atoms with Crippen molar-refractivity contribution in [1.82, 2.24) is 5.32 Å². The fourth-order valence-electron chi connectivity index (χ4n) is 3.25. The van der Waals surface area contributed by atoms with E-state index < -0.39 is 0 Å². The van der Waals surface area contributed by atoms with Crippen LogP contribution in [0.25, 0.3) is 0 Å². The molecule has 102 valence electrons. The van der Waals surface area contributed by atoms with Crippen LogP contribution in [0.15, 0.2) is 24.3 Å². The fourth-order valence-corrected chi connectivity index (χ4v) is 3.25. The number of nitrogens with zero attached hydrogens (tertiary/aromatic N) is 1. The average Bonchev–Trinajstić information content (AvgIpc) is 3.09. The Morgan fingerprint density at radius 3 is 3.05 bits per heavy atom. The molecule has 0 bridgehead atoms. The fraction of sp³-hybridized carbons (Fsp3) is 0.533. The Labute approximate surface area is 113 Å². The summed E-state index contributed by atoms with van der Waals surface area (Å²) in [5, 5.41) is 3.46. The molecule has 1 N–H and O–H groups in total. The maximum atomic E-state index is 11.6. The topological polar surface area (TPSA) is 41.6 Å². The van der Waals surface area contributed by atoms with Crippen LogP contribution in [0.5, 0.6) is 0 Å². The van der Waals surface area contributed by atoms with Crippen molar-refractivity contribution in [2.24, 2.45) is 5.41 Å². The third-order valence-corrected chi connectivity index (χ3v) is 4.40. The first-order chi connectivity index (χ1) is 9.22. The second kappa shape index (κ2) is 4.85. The monoisotopic (exact) mass is 260 g/mol. The van der Waals surface area contributed by atoms with Crippen LogP contribution in [0, 0.1) is 5.41 Å². The zero-order valence-electron chi connectivity index (χ0n) is 11.3. The number of methoxy groups -OCH3 is 1. The summed E-state index contributed by atoms with van der Waals surface area (Å²) in [6.07, 6.45) is 2.50. The molecular weight excluding hydrogens is 240 g/mol. The Kier molecular flexibility index (Phi) is 3.19. The molecule has 0 radical (unpaired) electrons. The predicted molar refractivity (Wildman–Crippen MR) is 74.5 cm³/mol. The molecule has 2 aliphatic heterocycles. The molecule has 0 saturated carbocycles. The van der Waals surface area contributed by atoms with Crippen LogP contribution >= 0.6 is 0 Å². The molecule has 4 nitrogen and oxygen atoms in total. The van der Waals surface area contributed by atoms with Crippen LogP contribution in [0.1, 0.15) is 23.2 Å². The zero-order chi connectivity index (χ0) is 13.3. The number of carbonyl (C=O) groups excluding carboxylic acids is 1. The van der Waals surface area contributed by atoms with E-state index >= 15 is 0 Å². The highest BCUT2D eigenvalue weighted by atomic mass is 16.5. The van der Waals surface area contributed by atoms with Crippen molar-refractivity contribution >= 4 is 11.7 Å². The van der Waals surface area contributed by atoms with Gasteiger partial charge in [-0.1, -0.05) is 6.07 Å². The van der Waals surface area contributed by atoms with E-state index in [1.165, 1.54) is 20.0 Å². The molecule has 2 fully saturated rings. The van der Waals surface area contributed by atoms with E-state index in [0.29, 0.717) is 11.0 Å². The Bertz CT molecular complexity index is 481. The molecule has 1 spiro atoms. The summed E-state index contributed by atoms with van der Waals surface area (Å²) in [5.41, 5.74) is 2.21. The summed E-state index contributed by atoms with van der Waals surface area (Å²) in [4.78, 5) is 14.0. The number of anilines is 1. The second-order valence-electron chi connectivity index (χ2n) is 5.64. The Morgan fingerprint density at radius 2 is 2.32 bits per heavy atom. The summed E-state index contributed by atoms with van der Waals surface area (Å²) in [7, 11) is 1.42. The van der Waals surface area contributed by atoms with E-state index in [9.17, 15) is 4.79 Å². The minimum atomic E-state index is -0.265. The highest BCUT2D eigenvalue weighted by Crippen LogP contribution is 2.38. The van der Waals surface area contributed by atoms with Gasteiger partial charge in [0.2, 0.25) is 0 Å². The van der Waals surface area contributed by atoms with Gasteiger partial charge in [-0.15, -0.1) is 0 Å². The molecule has 1 aromatic carbocycles. The molecule has 2 aliphatic rings. The summed E-state index contributed by atoms with van der Waals surface area (Å²) >= 11 is 0. The lowest BCUT2D eigenvalue weighted by molar-refractivity contribution is 0.0601. The van der Waals surface area contributed by atoms with Gasteiger partial charge in [0.25, 0.3) is 0 Å². The maximum absolute atomic E-state index is 11.6. The van der Waals surface area contributed by atoms with Crippen LogP contribution in [0.3, 0.4) is 0 Å². The first kappa shape index (κ1) is 12.5. The van der Waals surface area contributed by atoms with Crippen molar-refractivity contribution in [3.63, 3.8) is 0 Å². The van der Waals surface area contributed by atoms with Gasteiger partial charge in [-0.05, 0) is 37.6 Å². The lowest BCUT2D eigenvalue weighted by Crippen LogP contribution is -2.29. The number of rotatable bonds is 2. The molecule has 1 aromatic rings. The highest BCUT2D eigenvalue weighted by molar-refractivity contribution is 5.90. The van der Waals surface area contributed by atoms with Gasteiger partial charge < -0.3 is 15.0 Å². The molecule has 2 saturated heterocycles. The minimum Gasteiger partial charge on any atom is -0.465 e. The van der Waals surface area contributed by atoms with E-state index in [0.717, 1.165) is 31.9 Å². The molecule has 1 atom stereocenters. The van der Waals surface area contributed by atoms with Gasteiger partial charge in [-0.25, -0.2) is 4.79 Å². The lowest BCUT2D eigenvalue weighted by atomic mass is 9.86. The zero-order valence-corrected chi connectivity index (χ0v) is 11.3. The van der Waals surface area contributed by atoms with Crippen molar-refractivity contribution < 1.29 is 9.53 Å². The third kappa shape index (κ3) is 2.32. The van der Waals surface area contributed by atoms with E-state index in [1.54, 1.807) is 6.07 Å². The van der Waals surface area contributed by atoms with Crippen molar-refractivity contribution in [3.8, 4) is 0 Å². The summed E-state index contributed by atoms with van der Waals surface area (Å²) < 4.78 is 4.78. The Hall–Kier alpha value is -1.55. The van der Waals surface area contributed by atoms with Crippen LogP contribution in [-0.2, 0) is 4.74 Å². The Morgan fingerprint density at radius 1 is 1.42 bits per heavy atom. The van der Waals surface area contributed by atoms with Crippen LogP contribution in [-0.4, -0.2) is 39.3 Å². The van der Waals surface area contributed by atoms with E-state index in [-0.39, 0.29) is 5.97 Å². The van der Waals surface area contributed by atoms with Crippen LogP contribution in [0.2, 0.25) is 0 Å². The second-order valence-corrected chi connectivity index (χ2v) is 5.64. The summed E-state index contributed by atoms with van der Waals surface area (Å²) in [6.45, 7) is 4.42. The first-order valence-electron chi connectivity index (χ1n) is 6.87. The summed E-state index contributed by atoms with van der Waals surface area (Å²) in [6, 6.07) is 7.75. The lowest BCUT2D eigenvalue weighted by Gasteiger charge is -2.24. The van der Waals surface area contributed by atoms with E-state index in [4.69, 9.17) is 4.74 Å². The third-order valence-electron chi connectivity index (χ3n) is 4.40. The molecule has 1 unspecified atom stereocenters. The molecule has 3 rings (SSSR count). The molecule has 0 amide bonds. The molecular formula is C15H20N2O2. The van der Waals surface area contributed by atoms with E-state index in [1.807, 2.05) is 12.1 Å². The highest BCUT2D eigenvalue weighted by Gasteiger charge is 2.40. The standard InChI is InChI=1S/C15H20N2O2/c1-19-14(18)12-3-2-4-13(9-12)17-8-6-15(11-17)5-7-16-10-15/h2-4,9,16H,5-8,10-11H2,1H3. The van der Waals surface area contributed by atoms with Crippen molar-refractivity contribution in [2.45, 2.75) is 12.8 Å². The summed E-state index contributed by atoms with van der Waals surface area (Å²) in [5.74, 6) is -0.265. The number of nitrogens with one attached hydrogen (secondary N) is 1. The smallest absolute Gasteiger partial charge is 0.337 e. The van der Waals surface area contributed by atoms with Crippen molar-refractivity contribution in [2.75, 3.05) is 38.2 Å². The molecule has 0 aliphatic carbocycles. The number of hydrogen-bond acceptors (Lipinski definition) is 4. The molecule has 2 heterocycles. The van der Waals surface area contributed by atoms with Gasteiger partial charge in [-0.2, -0.15) is 0 Å². The maximum Gasteiger partial charge on any atom is 0.337 e. The van der Waals surface area contributed by atoms with Crippen LogP contribution in [0.4, 0.5) is 5.69 Å². The predicted octanol–water partition coefficient (Wildman–Crippen LogP) is 1.66. The average molecular weight is 260 g/mol. The van der Waals surface area contributed by atoms with Crippen molar-refractivity contribution in [1.29, 1.82) is 0 Å². The van der Waals surface area contributed by atoms with Gasteiger partial charge in [0.15, 0.2) is 0 Å². The van der Waals surface area contributed by atoms with Gasteiger partial charge in [-0.3, -0.25) is 0 Å². The largest absolute Gasteiger partial charge is 0.465 e. The van der Waals surface area contributed by atoms with E-state index in [2.05, 4.69) is 16.3 Å². The number of carbonyl (C=O) groups is 1. The molecule has 0 aromatic heterocycles.